The van der Waals surface area contributed by atoms with Crippen molar-refractivity contribution in [1.82, 2.24) is 19.8 Å². The fraction of sp³-hybridized carbons (Fsp3) is 0.375. The summed E-state index contributed by atoms with van der Waals surface area (Å²) >= 11 is 5.94. The number of hydrogen-bond acceptors (Lipinski definition) is 3. The van der Waals surface area contributed by atoms with E-state index in [2.05, 4.69) is 22.1 Å². The van der Waals surface area contributed by atoms with E-state index in [1.54, 1.807) is 0 Å². The van der Waals surface area contributed by atoms with Crippen molar-refractivity contribution in [2.75, 3.05) is 0 Å². The summed E-state index contributed by atoms with van der Waals surface area (Å²) in [4.78, 5) is 4.03. The zero-order valence-electron chi connectivity index (χ0n) is 7.24. The maximum Gasteiger partial charge on any atom is 0.176 e. The van der Waals surface area contributed by atoms with Crippen LogP contribution < -0.4 is 0 Å². The van der Waals surface area contributed by atoms with Gasteiger partial charge in [0, 0.05) is 0 Å². The Labute approximate surface area is 80.5 Å². The fourth-order valence-electron chi connectivity index (χ4n) is 1.22. The minimum atomic E-state index is 0.514. The van der Waals surface area contributed by atoms with Gasteiger partial charge >= 0.3 is 0 Å². The topological polar surface area (TPSA) is 43.1 Å². The number of aromatic nitrogens is 4. The normalized spacial score (nSPS) is 10.9. The standard InChI is InChI=1S/C8H9ClN4/c1-2-3-6-4-7-10-5-11-13(7)12-8(6)9/h4-5H,2-3H2,1H3. The van der Waals surface area contributed by atoms with E-state index in [0.717, 1.165) is 24.1 Å². The van der Waals surface area contributed by atoms with Crippen molar-refractivity contribution < 1.29 is 0 Å². The lowest BCUT2D eigenvalue weighted by Crippen LogP contribution is -1.98. The van der Waals surface area contributed by atoms with Gasteiger partial charge in [0.1, 0.15) is 6.33 Å². The molecule has 0 aliphatic heterocycles. The Morgan fingerprint density at radius 2 is 2.38 bits per heavy atom. The molecule has 0 bridgehead atoms. The SMILES string of the molecule is CCCc1cc2ncnn2nc1Cl. The molecule has 0 unspecified atom stereocenters. The summed E-state index contributed by atoms with van der Waals surface area (Å²) < 4.78 is 1.43. The molecule has 2 aromatic heterocycles. The van der Waals surface area contributed by atoms with Crippen LogP contribution in [0.2, 0.25) is 5.15 Å². The minimum Gasteiger partial charge on any atom is -0.213 e. The minimum absolute atomic E-state index is 0.514. The quantitative estimate of drug-likeness (QED) is 0.735. The van der Waals surface area contributed by atoms with Gasteiger partial charge in [-0.2, -0.15) is 0 Å². The highest BCUT2D eigenvalue weighted by Crippen LogP contribution is 2.15. The van der Waals surface area contributed by atoms with Gasteiger partial charge in [-0.25, -0.2) is 4.98 Å². The number of aryl methyl sites for hydroxylation is 1. The summed E-state index contributed by atoms with van der Waals surface area (Å²) in [5.74, 6) is 0. The third-order valence-corrected chi connectivity index (χ3v) is 2.14. The first-order valence-electron chi connectivity index (χ1n) is 4.16. The van der Waals surface area contributed by atoms with Gasteiger partial charge in [-0.15, -0.1) is 14.8 Å². The third-order valence-electron chi connectivity index (χ3n) is 1.83. The molecule has 2 heterocycles. The van der Waals surface area contributed by atoms with E-state index in [0.29, 0.717) is 5.15 Å². The zero-order chi connectivity index (χ0) is 9.26. The molecule has 2 aromatic rings. The Morgan fingerprint density at radius 1 is 1.54 bits per heavy atom. The average Bonchev–Trinajstić information content (AvgIpc) is 2.52. The van der Waals surface area contributed by atoms with E-state index in [4.69, 9.17) is 11.6 Å². The van der Waals surface area contributed by atoms with Crippen molar-refractivity contribution in [2.45, 2.75) is 19.8 Å². The molecule has 0 aromatic carbocycles. The molecule has 0 aliphatic carbocycles. The smallest absolute Gasteiger partial charge is 0.176 e. The van der Waals surface area contributed by atoms with E-state index >= 15 is 0 Å². The van der Waals surface area contributed by atoms with Crippen LogP contribution in [0.15, 0.2) is 12.4 Å². The van der Waals surface area contributed by atoms with Gasteiger partial charge in [0.2, 0.25) is 0 Å². The summed E-state index contributed by atoms with van der Waals surface area (Å²) in [7, 11) is 0. The van der Waals surface area contributed by atoms with Crippen LogP contribution in [0.3, 0.4) is 0 Å². The Balaban J connectivity index is 2.56. The highest BCUT2D eigenvalue weighted by molar-refractivity contribution is 6.30. The molecule has 4 nitrogen and oxygen atoms in total. The molecule has 0 saturated heterocycles. The Kier molecular flexibility index (Phi) is 2.14. The number of fused-ring (bicyclic) bond motifs is 1. The highest BCUT2D eigenvalue weighted by atomic mass is 35.5. The van der Waals surface area contributed by atoms with Crippen LogP contribution in [0.1, 0.15) is 18.9 Å². The summed E-state index contributed by atoms with van der Waals surface area (Å²) in [6, 6.07) is 1.92. The highest BCUT2D eigenvalue weighted by Gasteiger charge is 2.04. The van der Waals surface area contributed by atoms with Crippen LogP contribution in [-0.2, 0) is 6.42 Å². The van der Waals surface area contributed by atoms with Crippen LogP contribution in [0, 0.1) is 0 Å². The molecular formula is C8H9ClN4. The largest absolute Gasteiger partial charge is 0.213 e. The van der Waals surface area contributed by atoms with Gasteiger partial charge in [0.05, 0.1) is 0 Å². The van der Waals surface area contributed by atoms with Crippen LogP contribution in [0.4, 0.5) is 0 Å². The molecule has 0 spiro atoms. The molecule has 2 rings (SSSR count). The molecule has 13 heavy (non-hydrogen) atoms. The summed E-state index contributed by atoms with van der Waals surface area (Å²) in [6.07, 6.45) is 3.44. The number of halogens is 1. The van der Waals surface area contributed by atoms with Gasteiger partial charge in [-0.05, 0) is 18.1 Å². The third kappa shape index (κ3) is 1.49. The van der Waals surface area contributed by atoms with Crippen molar-refractivity contribution >= 4 is 17.2 Å². The molecule has 0 amide bonds. The van der Waals surface area contributed by atoms with E-state index in [9.17, 15) is 0 Å². The van der Waals surface area contributed by atoms with Crippen molar-refractivity contribution in [3.8, 4) is 0 Å². The fourth-order valence-corrected chi connectivity index (χ4v) is 1.44. The first-order valence-corrected chi connectivity index (χ1v) is 4.54. The van der Waals surface area contributed by atoms with Gasteiger partial charge in [-0.1, -0.05) is 24.9 Å². The van der Waals surface area contributed by atoms with Crippen molar-refractivity contribution in [3.05, 3.63) is 23.1 Å². The van der Waals surface area contributed by atoms with Crippen molar-refractivity contribution in [1.29, 1.82) is 0 Å². The maximum atomic E-state index is 5.94. The molecule has 5 heteroatoms. The molecule has 68 valence electrons. The lowest BCUT2D eigenvalue weighted by atomic mass is 10.2. The predicted molar refractivity (Wildman–Crippen MR) is 49.8 cm³/mol. The summed E-state index contributed by atoms with van der Waals surface area (Å²) in [5.41, 5.74) is 1.78. The molecular weight excluding hydrogens is 188 g/mol. The Bertz CT molecular complexity index is 423. The van der Waals surface area contributed by atoms with Gasteiger partial charge in [-0.3, -0.25) is 0 Å². The van der Waals surface area contributed by atoms with E-state index in [-0.39, 0.29) is 0 Å². The number of rotatable bonds is 2. The summed E-state index contributed by atoms with van der Waals surface area (Å²) in [6.45, 7) is 2.10. The van der Waals surface area contributed by atoms with Crippen LogP contribution in [-0.4, -0.2) is 19.8 Å². The average molecular weight is 197 g/mol. The molecule has 0 saturated carbocycles. The van der Waals surface area contributed by atoms with Crippen molar-refractivity contribution in [2.24, 2.45) is 0 Å². The van der Waals surface area contributed by atoms with E-state index in [1.165, 1.54) is 11.0 Å². The van der Waals surface area contributed by atoms with Crippen LogP contribution in [0.25, 0.3) is 5.65 Å². The molecule has 0 radical (unpaired) electrons. The zero-order valence-corrected chi connectivity index (χ0v) is 7.99. The first kappa shape index (κ1) is 8.44. The second-order valence-electron chi connectivity index (χ2n) is 2.82. The van der Waals surface area contributed by atoms with Crippen LogP contribution >= 0.6 is 11.6 Å². The lowest BCUT2D eigenvalue weighted by Gasteiger charge is -2.00. The Hall–Kier alpha value is -1.16. The second-order valence-corrected chi connectivity index (χ2v) is 3.18. The second kappa shape index (κ2) is 3.30. The first-order chi connectivity index (χ1) is 6.31. The Morgan fingerprint density at radius 3 is 3.15 bits per heavy atom. The van der Waals surface area contributed by atoms with Gasteiger partial charge in [0.25, 0.3) is 0 Å². The maximum absolute atomic E-state index is 5.94. The monoisotopic (exact) mass is 196 g/mol. The number of hydrogen-bond donors (Lipinski definition) is 0. The van der Waals surface area contributed by atoms with Crippen molar-refractivity contribution in [3.63, 3.8) is 0 Å². The van der Waals surface area contributed by atoms with Gasteiger partial charge < -0.3 is 0 Å². The molecule has 0 atom stereocenters. The van der Waals surface area contributed by atoms with E-state index in [1.807, 2.05) is 6.07 Å². The number of nitrogens with zero attached hydrogens (tertiary/aromatic N) is 4. The predicted octanol–water partition coefficient (Wildman–Crippen LogP) is 1.73. The summed E-state index contributed by atoms with van der Waals surface area (Å²) in [5, 5.41) is 8.47. The van der Waals surface area contributed by atoms with Crippen LogP contribution in [0.5, 0.6) is 0 Å². The van der Waals surface area contributed by atoms with E-state index < -0.39 is 0 Å². The lowest BCUT2D eigenvalue weighted by molar-refractivity contribution is 0.784. The molecule has 0 N–H and O–H groups in total. The van der Waals surface area contributed by atoms with Gasteiger partial charge in [0.15, 0.2) is 10.8 Å². The molecule has 0 aliphatic rings. The molecule has 0 fully saturated rings.